The molecule has 0 aliphatic carbocycles. The van der Waals surface area contributed by atoms with Gasteiger partial charge in [0, 0.05) is 72.4 Å². The van der Waals surface area contributed by atoms with Crippen molar-refractivity contribution in [2.24, 2.45) is 0 Å². The van der Waals surface area contributed by atoms with E-state index in [1.165, 1.54) is 32.9 Å². The molecule has 0 atom stereocenters. The predicted octanol–water partition coefficient (Wildman–Crippen LogP) is 13.4. The van der Waals surface area contributed by atoms with Crippen LogP contribution in [0.2, 0.25) is 0 Å². The number of allylic oxidation sites excluding steroid dienone is 1. The van der Waals surface area contributed by atoms with E-state index in [0.29, 0.717) is 0 Å². The van der Waals surface area contributed by atoms with Crippen molar-refractivity contribution in [1.29, 1.82) is 0 Å². The van der Waals surface area contributed by atoms with E-state index in [1.54, 1.807) is 0 Å². The predicted molar refractivity (Wildman–Crippen MR) is 209 cm³/mol. The Hall–Kier alpha value is -6.52. The summed E-state index contributed by atoms with van der Waals surface area (Å²) >= 11 is 0. The Balaban J connectivity index is 1.17. The van der Waals surface area contributed by atoms with E-state index < -0.39 is 0 Å². The summed E-state index contributed by atoms with van der Waals surface area (Å²) in [7, 11) is 0. The van der Waals surface area contributed by atoms with E-state index in [2.05, 4.69) is 157 Å². The molecule has 0 bridgehead atoms. The summed E-state index contributed by atoms with van der Waals surface area (Å²) in [6.07, 6.45) is 4.35. The molecule has 10 aromatic rings. The number of furan rings is 2. The van der Waals surface area contributed by atoms with Crippen molar-refractivity contribution in [3.63, 3.8) is 0 Å². The molecule has 0 saturated heterocycles. The van der Waals surface area contributed by atoms with Gasteiger partial charge in [-0.15, -0.1) is 0 Å². The van der Waals surface area contributed by atoms with Gasteiger partial charge in [-0.2, -0.15) is 0 Å². The van der Waals surface area contributed by atoms with E-state index in [9.17, 15) is 0 Å². The number of nitrogens with zero attached hydrogens (tertiary/aromatic N) is 2. The quantitative estimate of drug-likeness (QED) is 0.187. The van der Waals surface area contributed by atoms with Crippen molar-refractivity contribution >= 4 is 88.7 Å². The van der Waals surface area contributed by atoms with Gasteiger partial charge in [0.05, 0.1) is 5.52 Å². The molecule has 10 rings (SSSR count). The van der Waals surface area contributed by atoms with Gasteiger partial charge in [0.15, 0.2) is 0 Å². The first-order valence-corrected chi connectivity index (χ1v) is 17.0. The number of rotatable bonds is 5. The average Bonchev–Trinajstić information content (AvgIpc) is 3.81. The zero-order valence-electron chi connectivity index (χ0n) is 27.7. The van der Waals surface area contributed by atoms with Gasteiger partial charge in [-0.1, -0.05) is 84.9 Å². The van der Waals surface area contributed by atoms with Gasteiger partial charge in [-0.3, -0.25) is 0 Å². The fourth-order valence-electron chi connectivity index (χ4n) is 7.80. The molecular weight excluding hydrogens is 613 g/mol. The lowest BCUT2D eigenvalue weighted by molar-refractivity contribution is 0.668. The van der Waals surface area contributed by atoms with Gasteiger partial charge in [0.1, 0.15) is 22.3 Å². The number of anilines is 3. The standard InChI is InChI=1S/C46H32N2O2/c1-3-10-35-29(2)47(46-36-12-5-4-11-30(36)17-24-40(35)46)31-18-20-32(21-19-31)48(33-23-26-44-41(27-33)38-14-7-9-16-43(38)49-44)34-22-25-39-37-13-6-8-15-42(37)50-45(39)28-34/h3-28H,1-2H3/b10-3-. The molecule has 0 radical (unpaired) electrons. The van der Waals surface area contributed by atoms with Gasteiger partial charge in [0.2, 0.25) is 0 Å². The van der Waals surface area contributed by atoms with Crippen LogP contribution in [-0.4, -0.2) is 4.57 Å². The molecule has 3 heterocycles. The number of benzene rings is 7. The fraction of sp³-hybridized carbons (Fsp3) is 0.0435. The highest BCUT2D eigenvalue weighted by molar-refractivity contribution is 6.11. The topological polar surface area (TPSA) is 34.5 Å². The molecule has 4 heteroatoms. The molecule has 0 aliphatic heterocycles. The molecule has 238 valence electrons. The van der Waals surface area contributed by atoms with Crippen LogP contribution < -0.4 is 4.90 Å². The van der Waals surface area contributed by atoms with Crippen LogP contribution in [0.5, 0.6) is 0 Å². The van der Waals surface area contributed by atoms with Crippen LogP contribution in [0.3, 0.4) is 0 Å². The molecule has 0 aliphatic rings. The summed E-state index contributed by atoms with van der Waals surface area (Å²) in [4.78, 5) is 2.30. The fourth-order valence-corrected chi connectivity index (χ4v) is 7.80. The average molecular weight is 645 g/mol. The first-order chi connectivity index (χ1) is 24.7. The Kier molecular flexibility index (Phi) is 6.27. The first-order valence-electron chi connectivity index (χ1n) is 17.0. The SMILES string of the molecule is C/C=C\c1c(C)n(-c2ccc(N(c3ccc4c(c3)oc3ccccc34)c3ccc4oc5ccccc5c4c3)cc2)c2c1ccc1ccccc12. The zero-order chi connectivity index (χ0) is 33.3. The summed E-state index contributed by atoms with van der Waals surface area (Å²) < 4.78 is 15.0. The molecule has 0 unspecified atom stereocenters. The zero-order valence-corrected chi connectivity index (χ0v) is 27.7. The van der Waals surface area contributed by atoms with Crippen molar-refractivity contribution in [3.05, 3.63) is 163 Å². The molecule has 3 aromatic heterocycles. The Morgan fingerprint density at radius 2 is 1.08 bits per heavy atom. The summed E-state index contributed by atoms with van der Waals surface area (Å²) in [6.45, 7) is 4.30. The van der Waals surface area contributed by atoms with E-state index >= 15 is 0 Å². The molecule has 0 N–H and O–H groups in total. The van der Waals surface area contributed by atoms with Crippen molar-refractivity contribution in [2.45, 2.75) is 13.8 Å². The highest BCUT2D eigenvalue weighted by Crippen LogP contribution is 2.42. The molecule has 50 heavy (non-hydrogen) atoms. The van der Waals surface area contributed by atoms with Crippen LogP contribution >= 0.6 is 0 Å². The summed E-state index contributed by atoms with van der Waals surface area (Å²) in [5.74, 6) is 0. The van der Waals surface area contributed by atoms with Crippen molar-refractivity contribution in [2.75, 3.05) is 4.90 Å². The van der Waals surface area contributed by atoms with Crippen LogP contribution in [0.15, 0.2) is 161 Å². The monoisotopic (exact) mass is 644 g/mol. The summed E-state index contributed by atoms with van der Waals surface area (Å²) in [5, 5.41) is 8.15. The Morgan fingerprint density at radius 1 is 0.500 bits per heavy atom. The maximum atomic E-state index is 6.37. The van der Waals surface area contributed by atoms with Crippen LogP contribution in [-0.2, 0) is 0 Å². The lowest BCUT2D eigenvalue weighted by Crippen LogP contribution is -2.10. The number of para-hydroxylation sites is 2. The van der Waals surface area contributed by atoms with Crippen molar-refractivity contribution in [1.82, 2.24) is 4.57 Å². The molecule has 4 nitrogen and oxygen atoms in total. The lowest BCUT2D eigenvalue weighted by Gasteiger charge is -2.26. The molecule has 7 aromatic carbocycles. The van der Waals surface area contributed by atoms with Crippen LogP contribution in [0.4, 0.5) is 17.1 Å². The second kappa shape index (κ2) is 11.0. The van der Waals surface area contributed by atoms with Crippen LogP contribution in [0.1, 0.15) is 18.2 Å². The van der Waals surface area contributed by atoms with Crippen molar-refractivity contribution < 1.29 is 8.83 Å². The third kappa shape index (κ3) is 4.25. The van der Waals surface area contributed by atoms with Gasteiger partial charge in [-0.05, 0) is 86.0 Å². The second-order valence-electron chi connectivity index (χ2n) is 12.9. The lowest BCUT2D eigenvalue weighted by atomic mass is 10.0. The van der Waals surface area contributed by atoms with E-state index in [4.69, 9.17) is 8.83 Å². The largest absolute Gasteiger partial charge is 0.456 e. The highest BCUT2D eigenvalue weighted by Gasteiger charge is 2.20. The first kappa shape index (κ1) is 28.5. The maximum Gasteiger partial charge on any atom is 0.137 e. The third-order valence-corrected chi connectivity index (χ3v) is 10.1. The highest BCUT2D eigenvalue weighted by atomic mass is 16.3. The molecular formula is C46H32N2O2. The van der Waals surface area contributed by atoms with E-state index in [0.717, 1.165) is 66.6 Å². The van der Waals surface area contributed by atoms with Crippen LogP contribution in [0.25, 0.3) is 77.3 Å². The number of hydrogen-bond donors (Lipinski definition) is 0. The number of fused-ring (bicyclic) bond motifs is 9. The number of hydrogen-bond acceptors (Lipinski definition) is 3. The summed E-state index contributed by atoms with van der Waals surface area (Å²) in [6, 6.07) is 51.5. The van der Waals surface area contributed by atoms with E-state index in [-0.39, 0.29) is 0 Å². The Morgan fingerprint density at radius 3 is 1.86 bits per heavy atom. The van der Waals surface area contributed by atoms with Gasteiger partial charge in [0.25, 0.3) is 0 Å². The molecule has 0 spiro atoms. The minimum atomic E-state index is 0.859. The minimum absolute atomic E-state index is 0.859. The third-order valence-electron chi connectivity index (χ3n) is 10.1. The Bertz CT molecular complexity index is 2950. The smallest absolute Gasteiger partial charge is 0.137 e. The molecule has 0 amide bonds. The van der Waals surface area contributed by atoms with Gasteiger partial charge >= 0.3 is 0 Å². The van der Waals surface area contributed by atoms with Crippen molar-refractivity contribution in [3.8, 4) is 5.69 Å². The minimum Gasteiger partial charge on any atom is -0.456 e. The maximum absolute atomic E-state index is 6.37. The number of aromatic nitrogens is 1. The Labute approximate surface area is 288 Å². The van der Waals surface area contributed by atoms with Crippen LogP contribution in [0, 0.1) is 6.92 Å². The van der Waals surface area contributed by atoms with E-state index in [1.807, 2.05) is 24.3 Å². The second-order valence-corrected chi connectivity index (χ2v) is 12.9. The molecule has 0 saturated carbocycles. The molecule has 0 fully saturated rings. The summed E-state index contributed by atoms with van der Waals surface area (Å²) in [5.41, 5.74) is 11.4. The normalized spacial score (nSPS) is 12.1. The van der Waals surface area contributed by atoms with Gasteiger partial charge < -0.3 is 18.3 Å². The van der Waals surface area contributed by atoms with Gasteiger partial charge in [-0.25, -0.2) is 0 Å².